The second kappa shape index (κ2) is 7.89. The average molecular weight is 395 g/mol. The van der Waals surface area contributed by atoms with Gasteiger partial charge in [0.2, 0.25) is 0 Å². The second-order valence-electron chi connectivity index (χ2n) is 6.40. The third-order valence-corrected chi connectivity index (χ3v) is 4.38. The number of nitro groups is 2. The number of anilines is 1. The molecule has 0 spiro atoms. The van der Waals surface area contributed by atoms with Crippen molar-refractivity contribution in [2.75, 3.05) is 5.32 Å². The quantitative estimate of drug-likeness (QED) is 0.500. The minimum absolute atomic E-state index is 0.180. The van der Waals surface area contributed by atoms with Gasteiger partial charge in [-0.25, -0.2) is 0 Å². The molecule has 0 aliphatic carbocycles. The van der Waals surface area contributed by atoms with E-state index < -0.39 is 27.1 Å². The molecular formula is C19H17N5O5. The van der Waals surface area contributed by atoms with E-state index in [2.05, 4.69) is 10.4 Å². The molecule has 0 saturated carbocycles. The first-order valence-corrected chi connectivity index (χ1v) is 8.59. The Bertz CT molecular complexity index is 1080. The summed E-state index contributed by atoms with van der Waals surface area (Å²) in [5.41, 5.74) is 1.51. The Hall–Kier alpha value is -4.08. The van der Waals surface area contributed by atoms with E-state index in [1.165, 1.54) is 0 Å². The van der Waals surface area contributed by atoms with Crippen molar-refractivity contribution in [2.45, 2.75) is 20.4 Å². The molecule has 148 valence electrons. The third-order valence-electron chi connectivity index (χ3n) is 4.38. The first kappa shape index (κ1) is 19.7. The van der Waals surface area contributed by atoms with Gasteiger partial charge in [-0.1, -0.05) is 30.3 Å². The molecular weight excluding hydrogens is 378 g/mol. The third kappa shape index (κ3) is 4.26. The normalized spacial score (nSPS) is 10.6. The molecule has 3 rings (SSSR count). The van der Waals surface area contributed by atoms with Gasteiger partial charge in [0.1, 0.15) is 0 Å². The minimum atomic E-state index is -0.780. The molecule has 1 heterocycles. The number of nitro benzene ring substituents is 2. The van der Waals surface area contributed by atoms with Crippen molar-refractivity contribution >= 4 is 23.0 Å². The summed E-state index contributed by atoms with van der Waals surface area (Å²) in [7, 11) is 0. The van der Waals surface area contributed by atoms with E-state index in [4.69, 9.17) is 0 Å². The second-order valence-corrected chi connectivity index (χ2v) is 6.40. The summed E-state index contributed by atoms with van der Waals surface area (Å²) >= 11 is 0. The highest BCUT2D eigenvalue weighted by Crippen LogP contribution is 2.25. The summed E-state index contributed by atoms with van der Waals surface area (Å²) in [6.07, 6.45) is 0. The molecule has 29 heavy (non-hydrogen) atoms. The number of benzene rings is 2. The zero-order valence-corrected chi connectivity index (χ0v) is 15.7. The van der Waals surface area contributed by atoms with Gasteiger partial charge in [0.05, 0.1) is 45.1 Å². The highest BCUT2D eigenvalue weighted by Gasteiger charge is 2.22. The zero-order chi connectivity index (χ0) is 21.1. The predicted octanol–water partition coefficient (Wildman–Crippen LogP) is 3.62. The van der Waals surface area contributed by atoms with Crippen molar-refractivity contribution in [2.24, 2.45) is 0 Å². The standard InChI is InChI=1S/C19H17N5O5/c1-12-18(13(2)22(21-12)11-14-6-4-3-5-7-14)20-19(25)15-8-16(23(26)27)10-17(9-15)24(28)29/h3-10H,11H2,1-2H3,(H,20,25). The number of amides is 1. The summed E-state index contributed by atoms with van der Waals surface area (Å²) in [6.45, 7) is 4.01. The number of aromatic nitrogens is 2. The zero-order valence-electron chi connectivity index (χ0n) is 15.7. The number of carbonyl (C=O) groups excluding carboxylic acids is 1. The van der Waals surface area contributed by atoms with E-state index in [0.717, 1.165) is 23.8 Å². The topological polar surface area (TPSA) is 133 Å². The summed E-state index contributed by atoms with van der Waals surface area (Å²) in [5, 5.41) is 29.2. The first-order valence-electron chi connectivity index (χ1n) is 8.59. The van der Waals surface area contributed by atoms with Gasteiger partial charge in [0, 0.05) is 12.1 Å². The predicted molar refractivity (Wildman–Crippen MR) is 105 cm³/mol. The molecule has 1 N–H and O–H groups in total. The fraction of sp³-hybridized carbons (Fsp3) is 0.158. The van der Waals surface area contributed by atoms with Crippen molar-refractivity contribution in [3.63, 3.8) is 0 Å². The number of aryl methyl sites for hydroxylation is 1. The van der Waals surface area contributed by atoms with Crippen molar-refractivity contribution in [3.8, 4) is 0 Å². The summed E-state index contributed by atoms with van der Waals surface area (Å²) in [5.74, 6) is -0.692. The van der Waals surface area contributed by atoms with Gasteiger partial charge in [-0.2, -0.15) is 5.10 Å². The number of carbonyl (C=O) groups is 1. The van der Waals surface area contributed by atoms with Gasteiger partial charge in [-0.3, -0.25) is 29.7 Å². The number of hydrogen-bond donors (Lipinski definition) is 1. The number of non-ortho nitro benzene ring substituents is 2. The Morgan fingerprint density at radius 1 is 1.03 bits per heavy atom. The lowest BCUT2D eigenvalue weighted by atomic mass is 10.1. The van der Waals surface area contributed by atoms with Crippen molar-refractivity contribution in [3.05, 3.63) is 91.3 Å². The lowest BCUT2D eigenvalue weighted by Crippen LogP contribution is -2.14. The Morgan fingerprint density at radius 2 is 1.62 bits per heavy atom. The number of nitrogens with zero attached hydrogens (tertiary/aromatic N) is 4. The van der Waals surface area contributed by atoms with E-state index in [1.54, 1.807) is 18.5 Å². The van der Waals surface area contributed by atoms with Gasteiger partial charge in [0.15, 0.2) is 0 Å². The van der Waals surface area contributed by atoms with E-state index in [0.29, 0.717) is 23.6 Å². The molecule has 0 fully saturated rings. The molecule has 0 saturated heterocycles. The van der Waals surface area contributed by atoms with Crippen molar-refractivity contribution in [1.29, 1.82) is 0 Å². The van der Waals surface area contributed by atoms with Crippen LogP contribution in [0.2, 0.25) is 0 Å². The highest BCUT2D eigenvalue weighted by molar-refractivity contribution is 6.05. The molecule has 10 nitrogen and oxygen atoms in total. The number of rotatable bonds is 6. The lowest BCUT2D eigenvalue weighted by Gasteiger charge is -2.07. The number of nitrogens with one attached hydrogen (secondary N) is 1. The first-order chi connectivity index (χ1) is 13.8. The van der Waals surface area contributed by atoms with Gasteiger partial charge in [-0.05, 0) is 19.4 Å². The maximum atomic E-state index is 12.6. The molecule has 3 aromatic rings. The Balaban J connectivity index is 1.90. The molecule has 1 amide bonds. The molecule has 0 aliphatic heterocycles. The van der Waals surface area contributed by atoms with E-state index >= 15 is 0 Å². The maximum absolute atomic E-state index is 12.6. The largest absolute Gasteiger partial charge is 0.319 e. The highest BCUT2D eigenvalue weighted by atomic mass is 16.6. The summed E-state index contributed by atoms with van der Waals surface area (Å²) < 4.78 is 1.73. The summed E-state index contributed by atoms with van der Waals surface area (Å²) in [6, 6.07) is 12.5. The Morgan fingerprint density at radius 3 is 2.17 bits per heavy atom. The molecule has 1 aromatic heterocycles. The van der Waals surface area contributed by atoms with Crippen LogP contribution < -0.4 is 5.32 Å². The van der Waals surface area contributed by atoms with Crippen LogP contribution in [0.4, 0.5) is 17.1 Å². The van der Waals surface area contributed by atoms with Crippen molar-refractivity contribution in [1.82, 2.24) is 9.78 Å². The molecule has 0 atom stereocenters. The van der Waals surface area contributed by atoms with Crippen LogP contribution in [0.25, 0.3) is 0 Å². The van der Waals surface area contributed by atoms with Gasteiger partial charge >= 0.3 is 0 Å². The number of hydrogen-bond acceptors (Lipinski definition) is 6. The van der Waals surface area contributed by atoms with Crippen molar-refractivity contribution < 1.29 is 14.6 Å². The van der Waals surface area contributed by atoms with Crippen LogP contribution in [-0.4, -0.2) is 25.5 Å². The van der Waals surface area contributed by atoms with Crippen LogP contribution in [0.15, 0.2) is 48.5 Å². The Labute approximate surface area is 165 Å². The van der Waals surface area contributed by atoms with Crippen LogP contribution in [0.5, 0.6) is 0 Å². The Kier molecular flexibility index (Phi) is 5.35. The maximum Gasteiger partial charge on any atom is 0.277 e. The monoisotopic (exact) mass is 395 g/mol. The van der Waals surface area contributed by atoms with E-state index in [1.807, 2.05) is 30.3 Å². The van der Waals surface area contributed by atoms with Crippen LogP contribution in [0, 0.1) is 34.1 Å². The van der Waals surface area contributed by atoms with Gasteiger partial charge in [-0.15, -0.1) is 0 Å². The lowest BCUT2D eigenvalue weighted by molar-refractivity contribution is -0.394. The van der Waals surface area contributed by atoms with Gasteiger partial charge < -0.3 is 5.32 Å². The van der Waals surface area contributed by atoms with E-state index in [-0.39, 0.29) is 5.56 Å². The molecule has 10 heteroatoms. The summed E-state index contributed by atoms with van der Waals surface area (Å²) in [4.78, 5) is 33.1. The van der Waals surface area contributed by atoms with Crippen LogP contribution in [0.1, 0.15) is 27.3 Å². The van der Waals surface area contributed by atoms with E-state index in [9.17, 15) is 25.0 Å². The average Bonchev–Trinajstić information content (AvgIpc) is 2.95. The molecule has 0 radical (unpaired) electrons. The SMILES string of the molecule is Cc1nn(Cc2ccccc2)c(C)c1NC(=O)c1cc([N+](=O)[O-])cc([N+](=O)[O-])c1. The minimum Gasteiger partial charge on any atom is -0.319 e. The van der Waals surface area contributed by atoms with Crippen LogP contribution in [0.3, 0.4) is 0 Å². The molecule has 0 aliphatic rings. The fourth-order valence-electron chi connectivity index (χ4n) is 2.91. The fourth-order valence-corrected chi connectivity index (χ4v) is 2.91. The molecule has 0 unspecified atom stereocenters. The smallest absolute Gasteiger partial charge is 0.277 e. The molecule has 0 bridgehead atoms. The molecule has 2 aromatic carbocycles. The van der Waals surface area contributed by atoms with Crippen LogP contribution in [-0.2, 0) is 6.54 Å². The van der Waals surface area contributed by atoms with Crippen LogP contribution >= 0.6 is 0 Å². The van der Waals surface area contributed by atoms with Gasteiger partial charge in [0.25, 0.3) is 17.3 Å².